The van der Waals surface area contributed by atoms with Crippen LogP contribution in [-0.4, -0.2) is 12.1 Å². The van der Waals surface area contributed by atoms with Crippen LogP contribution in [0.5, 0.6) is 5.75 Å². The first-order chi connectivity index (χ1) is 8.62. The highest BCUT2D eigenvalue weighted by atomic mass is 16.5. The number of aromatic nitrogens is 1. The van der Waals surface area contributed by atoms with Crippen LogP contribution in [0.25, 0.3) is 0 Å². The smallest absolute Gasteiger partial charge is 0.118 e. The average molecular weight is 242 g/mol. The van der Waals surface area contributed by atoms with Crippen molar-refractivity contribution in [1.82, 2.24) is 4.98 Å². The van der Waals surface area contributed by atoms with Gasteiger partial charge in [-0.25, -0.2) is 0 Å². The molecule has 2 N–H and O–H groups in total. The van der Waals surface area contributed by atoms with Crippen LogP contribution in [0.15, 0.2) is 48.8 Å². The van der Waals surface area contributed by atoms with Crippen LogP contribution in [0.2, 0.25) is 0 Å². The lowest BCUT2D eigenvalue weighted by Gasteiger charge is -2.25. The standard InChI is InChI=1S/C15H18N2O/c1-15(16,11-12-7-9-17-10-8-12)13-3-5-14(18-2)6-4-13/h3-10H,11,16H2,1-2H3. The van der Waals surface area contributed by atoms with Gasteiger partial charge in [0.25, 0.3) is 0 Å². The fraction of sp³-hybridized carbons (Fsp3) is 0.267. The number of ether oxygens (including phenoxy) is 1. The third kappa shape index (κ3) is 2.87. The first kappa shape index (κ1) is 12.6. The first-order valence-corrected chi connectivity index (χ1v) is 5.94. The van der Waals surface area contributed by atoms with Crippen molar-refractivity contribution in [1.29, 1.82) is 0 Å². The molecule has 1 aromatic carbocycles. The summed E-state index contributed by atoms with van der Waals surface area (Å²) in [4.78, 5) is 4.01. The number of benzene rings is 1. The molecule has 0 aliphatic rings. The van der Waals surface area contributed by atoms with Crippen LogP contribution in [0.3, 0.4) is 0 Å². The van der Waals surface area contributed by atoms with Crippen molar-refractivity contribution < 1.29 is 4.74 Å². The fourth-order valence-corrected chi connectivity index (χ4v) is 2.00. The number of hydrogen-bond donors (Lipinski definition) is 1. The topological polar surface area (TPSA) is 48.1 Å². The van der Waals surface area contributed by atoms with Crippen LogP contribution in [0.1, 0.15) is 18.1 Å². The van der Waals surface area contributed by atoms with E-state index in [1.165, 1.54) is 5.56 Å². The van der Waals surface area contributed by atoms with E-state index in [4.69, 9.17) is 10.5 Å². The molecule has 0 fully saturated rings. The maximum Gasteiger partial charge on any atom is 0.118 e. The summed E-state index contributed by atoms with van der Waals surface area (Å²) in [5, 5.41) is 0. The van der Waals surface area contributed by atoms with Crippen molar-refractivity contribution in [2.24, 2.45) is 5.73 Å². The lowest BCUT2D eigenvalue weighted by molar-refractivity contribution is 0.413. The summed E-state index contributed by atoms with van der Waals surface area (Å²) in [5.74, 6) is 0.846. The molecule has 0 aliphatic heterocycles. The SMILES string of the molecule is COc1ccc(C(C)(N)Cc2ccncc2)cc1. The second-order valence-electron chi connectivity index (χ2n) is 4.68. The van der Waals surface area contributed by atoms with E-state index in [0.717, 1.165) is 17.7 Å². The summed E-state index contributed by atoms with van der Waals surface area (Å²) < 4.78 is 5.15. The molecule has 0 spiro atoms. The molecule has 0 radical (unpaired) electrons. The van der Waals surface area contributed by atoms with Crippen LogP contribution < -0.4 is 10.5 Å². The Labute approximate surface area is 108 Å². The summed E-state index contributed by atoms with van der Waals surface area (Å²) in [6, 6.07) is 11.9. The Hall–Kier alpha value is -1.87. The molecule has 1 atom stereocenters. The van der Waals surface area contributed by atoms with Gasteiger partial charge in [-0.3, -0.25) is 4.98 Å². The minimum Gasteiger partial charge on any atom is -0.497 e. The third-order valence-corrected chi connectivity index (χ3v) is 3.07. The van der Waals surface area contributed by atoms with Gasteiger partial charge in [0.1, 0.15) is 5.75 Å². The summed E-state index contributed by atoms with van der Waals surface area (Å²) >= 11 is 0. The van der Waals surface area contributed by atoms with Crippen molar-refractivity contribution >= 4 is 0 Å². The highest BCUT2D eigenvalue weighted by Crippen LogP contribution is 2.24. The molecule has 3 heteroatoms. The highest BCUT2D eigenvalue weighted by Gasteiger charge is 2.21. The number of nitrogens with zero attached hydrogens (tertiary/aromatic N) is 1. The van der Waals surface area contributed by atoms with Crippen LogP contribution >= 0.6 is 0 Å². The lowest BCUT2D eigenvalue weighted by Crippen LogP contribution is -2.35. The van der Waals surface area contributed by atoms with E-state index >= 15 is 0 Å². The van der Waals surface area contributed by atoms with Crippen LogP contribution in [0.4, 0.5) is 0 Å². The summed E-state index contributed by atoms with van der Waals surface area (Å²) in [6.45, 7) is 2.04. The number of nitrogens with two attached hydrogens (primary N) is 1. The molecule has 0 aliphatic carbocycles. The predicted octanol–water partition coefficient (Wildman–Crippen LogP) is 2.51. The molecular weight excluding hydrogens is 224 g/mol. The Bertz CT molecular complexity index is 492. The minimum atomic E-state index is -0.395. The zero-order valence-corrected chi connectivity index (χ0v) is 10.8. The molecule has 1 aromatic heterocycles. The minimum absolute atomic E-state index is 0.395. The summed E-state index contributed by atoms with van der Waals surface area (Å²) in [5.41, 5.74) is 8.29. The lowest BCUT2D eigenvalue weighted by atomic mass is 9.87. The number of rotatable bonds is 4. The summed E-state index contributed by atoms with van der Waals surface area (Å²) in [7, 11) is 1.66. The molecule has 1 unspecified atom stereocenters. The van der Waals surface area contributed by atoms with Gasteiger partial charge >= 0.3 is 0 Å². The van der Waals surface area contributed by atoms with Crippen LogP contribution in [0, 0.1) is 0 Å². The number of pyridine rings is 1. The fourth-order valence-electron chi connectivity index (χ4n) is 2.00. The van der Waals surface area contributed by atoms with E-state index in [-0.39, 0.29) is 0 Å². The first-order valence-electron chi connectivity index (χ1n) is 5.94. The van der Waals surface area contributed by atoms with E-state index in [0.29, 0.717) is 0 Å². The van der Waals surface area contributed by atoms with E-state index in [9.17, 15) is 0 Å². The Kier molecular flexibility index (Phi) is 3.63. The van der Waals surface area contributed by atoms with E-state index in [2.05, 4.69) is 4.98 Å². The maximum atomic E-state index is 6.40. The largest absolute Gasteiger partial charge is 0.497 e. The Morgan fingerprint density at radius 3 is 2.28 bits per heavy atom. The predicted molar refractivity (Wildman–Crippen MR) is 72.5 cm³/mol. The molecule has 2 rings (SSSR count). The van der Waals surface area contributed by atoms with Gasteiger partial charge in [0, 0.05) is 17.9 Å². The van der Waals surface area contributed by atoms with Gasteiger partial charge in [0.05, 0.1) is 7.11 Å². The van der Waals surface area contributed by atoms with Gasteiger partial charge in [-0.05, 0) is 48.7 Å². The van der Waals surface area contributed by atoms with E-state index in [1.807, 2.05) is 43.3 Å². The molecule has 0 saturated carbocycles. The van der Waals surface area contributed by atoms with Gasteiger partial charge in [0.2, 0.25) is 0 Å². The maximum absolute atomic E-state index is 6.40. The molecule has 0 saturated heterocycles. The van der Waals surface area contributed by atoms with Gasteiger partial charge in [-0.2, -0.15) is 0 Å². The molecular formula is C15H18N2O. The molecule has 18 heavy (non-hydrogen) atoms. The molecule has 0 bridgehead atoms. The van der Waals surface area contributed by atoms with Gasteiger partial charge in [-0.15, -0.1) is 0 Å². The van der Waals surface area contributed by atoms with E-state index in [1.54, 1.807) is 19.5 Å². The second-order valence-corrected chi connectivity index (χ2v) is 4.68. The van der Waals surface area contributed by atoms with Crippen molar-refractivity contribution in [2.75, 3.05) is 7.11 Å². The monoisotopic (exact) mass is 242 g/mol. The summed E-state index contributed by atoms with van der Waals surface area (Å²) in [6.07, 6.45) is 4.36. The third-order valence-electron chi connectivity index (χ3n) is 3.07. The molecule has 94 valence electrons. The normalized spacial score (nSPS) is 13.9. The van der Waals surface area contributed by atoms with Gasteiger partial charge < -0.3 is 10.5 Å². The van der Waals surface area contributed by atoms with Crippen molar-refractivity contribution in [3.05, 3.63) is 59.9 Å². The Balaban J connectivity index is 2.19. The zero-order chi connectivity index (χ0) is 13.0. The zero-order valence-electron chi connectivity index (χ0n) is 10.8. The molecule has 1 heterocycles. The molecule has 2 aromatic rings. The highest BCUT2D eigenvalue weighted by molar-refractivity contribution is 5.32. The van der Waals surface area contributed by atoms with Crippen LogP contribution in [-0.2, 0) is 12.0 Å². The Morgan fingerprint density at radius 2 is 1.72 bits per heavy atom. The van der Waals surface area contributed by atoms with Gasteiger partial charge in [-0.1, -0.05) is 12.1 Å². The van der Waals surface area contributed by atoms with Crippen molar-refractivity contribution in [3.63, 3.8) is 0 Å². The Morgan fingerprint density at radius 1 is 1.11 bits per heavy atom. The van der Waals surface area contributed by atoms with Crippen molar-refractivity contribution in [3.8, 4) is 5.75 Å². The average Bonchev–Trinajstić information content (AvgIpc) is 2.39. The molecule has 0 amide bonds. The van der Waals surface area contributed by atoms with Gasteiger partial charge in [0.15, 0.2) is 0 Å². The van der Waals surface area contributed by atoms with E-state index < -0.39 is 5.54 Å². The second kappa shape index (κ2) is 5.19. The number of methoxy groups -OCH3 is 1. The quantitative estimate of drug-likeness (QED) is 0.896. The van der Waals surface area contributed by atoms with Crippen molar-refractivity contribution in [2.45, 2.75) is 18.9 Å². The molecule has 3 nitrogen and oxygen atoms in total. The number of hydrogen-bond acceptors (Lipinski definition) is 3.